The van der Waals surface area contributed by atoms with Crippen molar-refractivity contribution in [3.05, 3.63) is 35.4 Å². The summed E-state index contributed by atoms with van der Waals surface area (Å²) in [5.74, 6) is 2.56. The maximum atomic E-state index is 11.8. The van der Waals surface area contributed by atoms with Crippen LogP contribution in [0.1, 0.15) is 68.9 Å². The fourth-order valence-corrected chi connectivity index (χ4v) is 3.66. The number of hydrogen-bond acceptors (Lipinski definition) is 1. The zero-order chi connectivity index (χ0) is 13.4. The van der Waals surface area contributed by atoms with Crippen LogP contribution >= 0.6 is 0 Å². The van der Waals surface area contributed by atoms with Crippen LogP contribution in [0.3, 0.4) is 0 Å². The summed E-state index contributed by atoms with van der Waals surface area (Å²) in [6.45, 7) is 4.40. The lowest BCUT2D eigenvalue weighted by Gasteiger charge is -2.31. The minimum absolute atomic E-state index is 0.190. The van der Waals surface area contributed by atoms with Gasteiger partial charge in [-0.3, -0.25) is 4.79 Å². The lowest BCUT2D eigenvalue weighted by atomic mass is 9.70. The van der Waals surface area contributed by atoms with Crippen LogP contribution < -0.4 is 0 Å². The van der Waals surface area contributed by atoms with Gasteiger partial charge in [0.25, 0.3) is 0 Å². The van der Waals surface area contributed by atoms with Gasteiger partial charge >= 0.3 is 0 Å². The van der Waals surface area contributed by atoms with Crippen molar-refractivity contribution in [2.75, 3.05) is 0 Å². The highest BCUT2D eigenvalue weighted by molar-refractivity contribution is 5.93. The Morgan fingerprint density at radius 3 is 2.00 bits per heavy atom. The maximum Gasteiger partial charge on any atom is 0.143 e. The predicted molar refractivity (Wildman–Crippen MR) is 78.3 cm³/mol. The highest BCUT2D eigenvalue weighted by atomic mass is 16.1. The molecule has 0 N–H and O–H groups in total. The first-order chi connectivity index (χ1) is 9.15. The quantitative estimate of drug-likeness (QED) is 0.751. The van der Waals surface area contributed by atoms with Crippen LogP contribution in [0.4, 0.5) is 0 Å². The second kappa shape index (κ2) is 5.11. The number of carbonyl (C=O) groups is 1. The molecular weight excluding hydrogens is 232 g/mol. The van der Waals surface area contributed by atoms with Gasteiger partial charge < -0.3 is 0 Å². The van der Waals surface area contributed by atoms with E-state index in [0.29, 0.717) is 5.78 Å². The average Bonchev–Trinajstić information content (AvgIpc) is 2.45. The van der Waals surface area contributed by atoms with Crippen LogP contribution in [0.2, 0.25) is 0 Å². The topological polar surface area (TPSA) is 17.1 Å². The number of hydrogen-bond donors (Lipinski definition) is 0. The zero-order valence-electron chi connectivity index (χ0n) is 12.1. The van der Waals surface area contributed by atoms with E-state index < -0.39 is 0 Å². The van der Waals surface area contributed by atoms with Crippen molar-refractivity contribution in [2.45, 2.75) is 57.8 Å². The van der Waals surface area contributed by atoms with E-state index in [1.165, 1.54) is 36.8 Å². The van der Waals surface area contributed by atoms with Gasteiger partial charge in [0.1, 0.15) is 5.78 Å². The molecule has 0 amide bonds. The van der Waals surface area contributed by atoms with Crippen molar-refractivity contribution in [1.29, 1.82) is 0 Å². The van der Waals surface area contributed by atoms with E-state index in [9.17, 15) is 4.79 Å². The Kier molecular flexibility index (Phi) is 3.47. The molecule has 2 atom stereocenters. The fraction of sp³-hybridized carbons (Fsp3) is 0.611. The predicted octanol–water partition coefficient (Wildman–Crippen LogP) is 4.67. The largest absolute Gasteiger partial charge is 0.299 e. The Labute approximate surface area is 116 Å². The van der Waals surface area contributed by atoms with Gasteiger partial charge in [0.05, 0.1) is 0 Å². The molecule has 19 heavy (non-hydrogen) atoms. The van der Waals surface area contributed by atoms with Crippen molar-refractivity contribution < 1.29 is 4.79 Å². The molecule has 1 heteroatoms. The number of benzene rings is 1. The van der Waals surface area contributed by atoms with Crippen molar-refractivity contribution >= 4 is 5.78 Å². The van der Waals surface area contributed by atoms with Crippen LogP contribution in [-0.2, 0) is 4.79 Å². The standard InChI is InChI=1S/C18H24O/c1-12-3-5-14(6-4-12)15-7-9-16(10-8-15)17-11-13(2)18(17)19/h7-10,12-14,17H,3-6,11H2,1-2H3. The molecule has 0 heterocycles. The highest BCUT2D eigenvalue weighted by Gasteiger charge is 2.36. The lowest BCUT2D eigenvalue weighted by Crippen LogP contribution is -2.32. The molecule has 0 saturated heterocycles. The summed E-state index contributed by atoms with van der Waals surface area (Å²) in [4.78, 5) is 11.8. The molecule has 1 aromatic rings. The Morgan fingerprint density at radius 1 is 0.895 bits per heavy atom. The SMILES string of the molecule is CC1CCC(c2ccc(C3CC(C)C3=O)cc2)CC1. The molecule has 0 bridgehead atoms. The van der Waals surface area contributed by atoms with Crippen LogP contribution in [0.25, 0.3) is 0 Å². The van der Waals surface area contributed by atoms with E-state index in [0.717, 1.165) is 18.3 Å². The molecule has 0 aliphatic heterocycles. The van der Waals surface area contributed by atoms with Crippen LogP contribution in [-0.4, -0.2) is 5.78 Å². The van der Waals surface area contributed by atoms with Crippen molar-refractivity contribution in [3.8, 4) is 0 Å². The van der Waals surface area contributed by atoms with Gasteiger partial charge in [-0.05, 0) is 42.2 Å². The van der Waals surface area contributed by atoms with Gasteiger partial charge in [0, 0.05) is 11.8 Å². The number of carbonyl (C=O) groups excluding carboxylic acids is 1. The number of ketones is 1. The Balaban J connectivity index is 1.67. The molecular formula is C18H24O. The van der Waals surface area contributed by atoms with Gasteiger partial charge in [0.2, 0.25) is 0 Å². The molecule has 2 aliphatic rings. The highest BCUT2D eigenvalue weighted by Crippen LogP contribution is 2.39. The number of Topliss-reactive ketones (excluding diaryl/α,β-unsaturated/α-hetero) is 1. The lowest BCUT2D eigenvalue weighted by molar-refractivity contribution is -0.130. The Hall–Kier alpha value is -1.11. The van der Waals surface area contributed by atoms with E-state index in [1.54, 1.807) is 0 Å². The molecule has 0 aromatic heterocycles. The molecule has 2 fully saturated rings. The molecule has 2 aliphatic carbocycles. The smallest absolute Gasteiger partial charge is 0.143 e. The molecule has 0 radical (unpaired) electrons. The monoisotopic (exact) mass is 256 g/mol. The minimum Gasteiger partial charge on any atom is -0.299 e. The van der Waals surface area contributed by atoms with Crippen molar-refractivity contribution in [2.24, 2.45) is 11.8 Å². The first-order valence-electron chi connectivity index (χ1n) is 7.78. The molecule has 1 aromatic carbocycles. The van der Waals surface area contributed by atoms with Gasteiger partial charge in [-0.15, -0.1) is 0 Å². The third-order valence-electron chi connectivity index (χ3n) is 5.24. The third kappa shape index (κ3) is 2.48. The van der Waals surface area contributed by atoms with Gasteiger partial charge in [-0.25, -0.2) is 0 Å². The normalized spacial score (nSPS) is 34.9. The summed E-state index contributed by atoms with van der Waals surface area (Å²) in [7, 11) is 0. The van der Waals surface area contributed by atoms with E-state index in [1.807, 2.05) is 6.92 Å². The van der Waals surface area contributed by atoms with Crippen molar-refractivity contribution in [3.63, 3.8) is 0 Å². The molecule has 2 saturated carbocycles. The molecule has 2 unspecified atom stereocenters. The van der Waals surface area contributed by atoms with E-state index in [-0.39, 0.29) is 11.8 Å². The van der Waals surface area contributed by atoms with E-state index in [4.69, 9.17) is 0 Å². The maximum absolute atomic E-state index is 11.8. The molecule has 102 valence electrons. The first-order valence-corrected chi connectivity index (χ1v) is 7.78. The van der Waals surface area contributed by atoms with Crippen molar-refractivity contribution in [1.82, 2.24) is 0 Å². The van der Waals surface area contributed by atoms with Gasteiger partial charge in [0.15, 0.2) is 0 Å². The summed E-state index contributed by atoms with van der Waals surface area (Å²) in [6.07, 6.45) is 6.44. The van der Waals surface area contributed by atoms with Gasteiger partial charge in [-0.2, -0.15) is 0 Å². The Morgan fingerprint density at radius 2 is 1.47 bits per heavy atom. The van der Waals surface area contributed by atoms with Crippen LogP contribution in [0.5, 0.6) is 0 Å². The molecule has 0 spiro atoms. The Bertz CT molecular complexity index is 451. The zero-order valence-corrected chi connectivity index (χ0v) is 12.1. The van der Waals surface area contributed by atoms with Gasteiger partial charge in [-0.1, -0.05) is 51.0 Å². The van der Waals surface area contributed by atoms with E-state index >= 15 is 0 Å². The summed E-state index contributed by atoms with van der Waals surface area (Å²) in [5.41, 5.74) is 2.71. The second-order valence-electron chi connectivity index (χ2n) is 6.72. The summed E-state index contributed by atoms with van der Waals surface area (Å²) >= 11 is 0. The third-order valence-corrected chi connectivity index (χ3v) is 5.24. The number of rotatable bonds is 2. The summed E-state index contributed by atoms with van der Waals surface area (Å²) in [6, 6.07) is 8.93. The second-order valence-corrected chi connectivity index (χ2v) is 6.72. The molecule has 1 nitrogen and oxygen atoms in total. The van der Waals surface area contributed by atoms with Crippen LogP contribution in [0, 0.1) is 11.8 Å². The molecule has 3 rings (SSSR count). The first kappa shape index (κ1) is 12.9. The van der Waals surface area contributed by atoms with Crippen LogP contribution in [0.15, 0.2) is 24.3 Å². The van der Waals surface area contributed by atoms with E-state index in [2.05, 4.69) is 31.2 Å². The summed E-state index contributed by atoms with van der Waals surface area (Å²) in [5, 5.41) is 0. The average molecular weight is 256 g/mol. The minimum atomic E-state index is 0.190. The fourth-order valence-electron chi connectivity index (χ4n) is 3.66. The summed E-state index contributed by atoms with van der Waals surface area (Å²) < 4.78 is 0.